The summed E-state index contributed by atoms with van der Waals surface area (Å²) in [5.74, 6) is -0.0893. The standard InChI is InChI=1S/C20H27F3N4O3/c21-20(22,23)16-5-6-18(29)27(13-16)14-17(28)24-7-8-25-9-11-26(12-10-25)19(30)15-3-1-2-4-15/h5-6,13,15H,1-4,7-12,14H2,(H,24,28). The van der Waals surface area contributed by atoms with E-state index in [0.29, 0.717) is 38.4 Å². The molecule has 1 saturated carbocycles. The summed E-state index contributed by atoms with van der Waals surface area (Å²) in [7, 11) is 0. The van der Waals surface area contributed by atoms with Crippen LogP contribution in [0.15, 0.2) is 23.1 Å². The van der Waals surface area contributed by atoms with Crippen LogP contribution >= 0.6 is 0 Å². The van der Waals surface area contributed by atoms with Crippen LogP contribution in [0.2, 0.25) is 0 Å². The first kappa shape index (κ1) is 22.3. The number of nitrogens with zero attached hydrogens (tertiary/aromatic N) is 3. The van der Waals surface area contributed by atoms with Crippen molar-refractivity contribution < 1.29 is 22.8 Å². The molecular formula is C20H27F3N4O3. The van der Waals surface area contributed by atoms with Gasteiger partial charge in [0.15, 0.2) is 0 Å². The van der Waals surface area contributed by atoms with E-state index in [-0.39, 0.29) is 11.8 Å². The zero-order chi connectivity index (χ0) is 21.7. The van der Waals surface area contributed by atoms with Gasteiger partial charge < -0.3 is 14.8 Å². The van der Waals surface area contributed by atoms with Crippen molar-refractivity contribution in [2.24, 2.45) is 5.92 Å². The summed E-state index contributed by atoms with van der Waals surface area (Å²) in [5, 5.41) is 2.64. The Morgan fingerprint density at radius 3 is 2.37 bits per heavy atom. The van der Waals surface area contributed by atoms with Crippen LogP contribution in [-0.2, 0) is 22.3 Å². The third-order valence-electron chi connectivity index (χ3n) is 5.76. The van der Waals surface area contributed by atoms with E-state index in [1.165, 1.54) is 0 Å². The fourth-order valence-corrected chi connectivity index (χ4v) is 4.01. The average molecular weight is 428 g/mol. The van der Waals surface area contributed by atoms with Crippen molar-refractivity contribution in [3.8, 4) is 0 Å². The molecule has 1 saturated heterocycles. The molecule has 166 valence electrons. The van der Waals surface area contributed by atoms with Gasteiger partial charge in [0.25, 0.3) is 5.56 Å². The molecule has 2 aliphatic rings. The van der Waals surface area contributed by atoms with Gasteiger partial charge in [-0.3, -0.25) is 19.3 Å². The van der Waals surface area contributed by atoms with Crippen LogP contribution in [0.25, 0.3) is 0 Å². The van der Waals surface area contributed by atoms with E-state index < -0.39 is 29.8 Å². The third kappa shape index (κ3) is 5.84. The SMILES string of the molecule is O=C(Cn1cc(C(F)(F)F)ccc1=O)NCCN1CCN(C(=O)C2CCCC2)CC1. The highest BCUT2D eigenvalue weighted by Gasteiger charge is 2.31. The second-order valence-electron chi connectivity index (χ2n) is 7.88. The molecule has 0 radical (unpaired) electrons. The number of carbonyl (C=O) groups is 2. The lowest BCUT2D eigenvalue weighted by Gasteiger charge is -2.36. The second-order valence-corrected chi connectivity index (χ2v) is 7.88. The van der Waals surface area contributed by atoms with Crippen LogP contribution in [0.1, 0.15) is 31.2 Å². The predicted octanol–water partition coefficient (Wildman–Crippen LogP) is 1.32. The highest BCUT2D eigenvalue weighted by molar-refractivity contribution is 5.79. The van der Waals surface area contributed by atoms with E-state index in [0.717, 1.165) is 49.4 Å². The number of nitrogens with one attached hydrogen (secondary N) is 1. The summed E-state index contributed by atoms with van der Waals surface area (Å²) in [6.07, 6.45) is 0.307. The molecule has 1 aromatic heterocycles. The van der Waals surface area contributed by atoms with Gasteiger partial charge in [-0.15, -0.1) is 0 Å². The van der Waals surface area contributed by atoms with Crippen molar-refractivity contribution >= 4 is 11.8 Å². The summed E-state index contributed by atoms with van der Waals surface area (Å²) in [6, 6.07) is 1.51. The van der Waals surface area contributed by atoms with Crippen LogP contribution in [0.3, 0.4) is 0 Å². The quantitative estimate of drug-likeness (QED) is 0.742. The first-order chi connectivity index (χ1) is 14.2. The number of amides is 2. The largest absolute Gasteiger partial charge is 0.417 e. The van der Waals surface area contributed by atoms with Gasteiger partial charge in [-0.05, 0) is 18.9 Å². The Hall–Kier alpha value is -2.36. The van der Waals surface area contributed by atoms with Crippen molar-refractivity contribution in [2.45, 2.75) is 38.4 Å². The number of pyridine rings is 1. The Kier molecular flexibility index (Phi) is 7.17. The van der Waals surface area contributed by atoms with E-state index in [4.69, 9.17) is 0 Å². The molecule has 7 nitrogen and oxygen atoms in total. The number of piperazine rings is 1. The number of rotatable bonds is 6. The van der Waals surface area contributed by atoms with Gasteiger partial charge in [0.05, 0.1) is 5.56 Å². The van der Waals surface area contributed by atoms with Crippen LogP contribution in [0, 0.1) is 5.92 Å². The fourth-order valence-electron chi connectivity index (χ4n) is 4.01. The fraction of sp³-hybridized carbons (Fsp3) is 0.650. The molecule has 1 aliphatic heterocycles. The summed E-state index contributed by atoms with van der Waals surface area (Å²) in [6.45, 7) is 3.22. The highest BCUT2D eigenvalue weighted by Crippen LogP contribution is 2.28. The predicted molar refractivity (Wildman–Crippen MR) is 104 cm³/mol. The number of carbonyl (C=O) groups excluding carboxylic acids is 2. The Balaban J connectivity index is 1.39. The average Bonchev–Trinajstić information content (AvgIpc) is 3.23. The Bertz CT molecular complexity index is 810. The molecule has 0 atom stereocenters. The minimum atomic E-state index is -4.58. The Labute approximate surface area is 172 Å². The maximum absolute atomic E-state index is 12.8. The van der Waals surface area contributed by atoms with Crippen molar-refractivity contribution in [1.29, 1.82) is 0 Å². The summed E-state index contributed by atoms with van der Waals surface area (Å²) in [5.41, 5.74) is -1.64. The molecular weight excluding hydrogens is 401 g/mol. The van der Waals surface area contributed by atoms with E-state index in [9.17, 15) is 27.6 Å². The second kappa shape index (κ2) is 9.63. The zero-order valence-corrected chi connectivity index (χ0v) is 16.8. The van der Waals surface area contributed by atoms with Crippen molar-refractivity contribution in [1.82, 2.24) is 19.7 Å². The van der Waals surface area contributed by atoms with Crippen LogP contribution in [0.5, 0.6) is 0 Å². The first-order valence-electron chi connectivity index (χ1n) is 10.3. The summed E-state index contributed by atoms with van der Waals surface area (Å²) >= 11 is 0. The van der Waals surface area contributed by atoms with Crippen molar-refractivity contribution in [3.05, 3.63) is 34.2 Å². The van der Waals surface area contributed by atoms with E-state index in [2.05, 4.69) is 10.2 Å². The molecule has 3 rings (SSSR count). The number of halogens is 3. The summed E-state index contributed by atoms with van der Waals surface area (Å²) in [4.78, 5) is 40.2. The normalized spacial score (nSPS) is 18.6. The molecule has 1 aromatic rings. The van der Waals surface area contributed by atoms with Gasteiger partial charge in [-0.2, -0.15) is 13.2 Å². The molecule has 1 aliphatic carbocycles. The van der Waals surface area contributed by atoms with Crippen LogP contribution in [-0.4, -0.2) is 65.4 Å². The molecule has 2 fully saturated rings. The molecule has 0 unspecified atom stereocenters. The number of aromatic nitrogens is 1. The third-order valence-corrected chi connectivity index (χ3v) is 5.76. The maximum Gasteiger partial charge on any atom is 0.417 e. The monoisotopic (exact) mass is 428 g/mol. The van der Waals surface area contributed by atoms with Gasteiger partial charge in [-0.25, -0.2) is 0 Å². The zero-order valence-electron chi connectivity index (χ0n) is 16.8. The molecule has 0 aromatic carbocycles. The molecule has 0 spiro atoms. The molecule has 0 bridgehead atoms. The lowest BCUT2D eigenvalue weighted by atomic mass is 10.1. The van der Waals surface area contributed by atoms with E-state index in [1.54, 1.807) is 0 Å². The van der Waals surface area contributed by atoms with Gasteiger partial charge in [0.2, 0.25) is 11.8 Å². The number of hydrogen-bond donors (Lipinski definition) is 1. The molecule has 2 heterocycles. The summed E-state index contributed by atoms with van der Waals surface area (Å²) < 4.78 is 39.0. The highest BCUT2D eigenvalue weighted by atomic mass is 19.4. The molecule has 1 N–H and O–H groups in total. The minimum Gasteiger partial charge on any atom is -0.353 e. The van der Waals surface area contributed by atoms with Gasteiger partial charge in [-0.1, -0.05) is 12.8 Å². The van der Waals surface area contributed by atoms with E-state index in [1.807, 2.05) is 4.90 Å². The van der Waals surface area contributed by atoms with Crippen LogP contribution in [0.4, 0.5) is 13.2 Å². The minimum absolute atomic E-state index is 0.176. The molecule has 2 amide bonds. The van der Waals surface area contributed by atoms with Gasteiger partial charge in [0, 0.05) is 57.4 Å². The Morgan fingerprint density at radius 1 is 1.07 bits per heavy atom. The lowest BCUT2D eigenvalue weighted by Crippen LogP contribution is -2.51. The smallest absolute Gasteiger partial charge is 0.353 e. The first-order valence-corrected chi connectivity index (χ1v) is 10.3. The van der Waals surface area contributed by atoms with Gasteiger partial charge >= 0.3 is 6.18 Å². The topological polar surface area (TPSA) is 74.7 Å². The Morgan fingerprint density at radius 2 is 1.73 bits per heavy atom. The van der Waals surface area contributed by atoms with Crippen molar-refractivity contribution in [3.63, 3.8) is 0 Å². The number of hydrogen-bond acceptors (Lipinski definition) is 4. The molecule has 10 heteroatoms. The van der Waals surface area contributed by atoms with Gasteiger partial charge in [0.1, 0.15) is 6.54 Å². The maximum atomic E-state index is 12.8. The molecule has 30 heavy (non-hydrogen) atoms. The van der Waals surface area contributed by atoms with E-state index >= 15 is 0 Å². The van der Waals surface area contributed by atoms with Crippen LogP contribution < -0.4 is 10.9 Å². The van der Waals surface area contributed by atoms with Crippen molar-refractivity contribution in [2.75, 3.05) is 39.3 Å². The number of alkyl halides is 3. The lowest BCUT2D eigenvalue weighted by molar-refractivity contribution is -0.138.